The minimum absolute atomic E-state index is 0.0910. The highest BCUT2D eigenvalue weighted by Gasteiger charge is 2.01. The topological polar surface area (TPSA) is 38.9 Å². The van der Waals surface area contributed by atoms with E-state index >= 15 is 0 Å². The summed E-state index contributed by atoms with van der Waals surface area (Å²) in [6.07, 6.45) is 1.84. The molecule has 0 saturated heterocycles. The zero-order chi connectivity index (χ0) is 11.5. The Morgan fingerprint density at radius 2 is 1.75 bits per heavy atom. The van der Waals surface area contributed by atoms with Gasteiger partial charge in [-0.2, -0.15) is 0 Å². The Hall–Kier alpha value is -1.67. The second-order valence-corrected chi connectivity index (χ2v) is 4.10. The van der Waals surface area contributed by atoms with Gasteiger partial charge in [-0.1, -0.05) is 24.3 Å². The largest absolute Gasteiger partial charge is 0.324 e. The lowest BCUT2D eigenvalue weighted by molar-refractivity contribution is 0.818. The van der Waals surface area contributed by atoms with E-state index in [0.717, 1.165) is 11.3 Å². The summed E-state index contributed by atoms with van der Waals surface area (Å²) in [6.45, 7) is 3.99. The lowest BCUT2D eigenvalue weighted by atomic mass is 10.0. The average Bonchev–Trinajstić information content (AvgIpc) is 2.29. The lowest BCUT2D eigenvalue weighted by Crippen LogP contribution is -2.04. The first kappa shape index (κ1) is 10.8. The molecule has 16 heavy (non-hydrogen) atoms. The fourth-order valence-corrected chi connectivity index (χ4v) is 1.70. The molecule has 0 bridgehead atoms. The number of benzene rings is 1. The molecule has 2 nitrogen and oxygen atoms in total. The molecule has 0 amide bonds. The van der Waals surface area contributed by atoms with E-state index in [1.807, 2.05) is 26.1 Å². The Balaban J connectivity index is 2.35. The van der Waals surface area contributed by atoms with E-state index in [-0.39, 0.29) is 6.04 Å². The minimum atomic E-state index is 0.0910. The van der Waals surface area contributed by atoms with Gasteiger partial charge in [-0.15, -0.1) is 0 Å². The highest BCUT2D eigenvalue weighted by atomic mass is 14.6. The van der Waals surface area contributed by atoms with E-state index in [1.54, 1.807) is 0 Å². The maximum atomic E-state index is 5.82. The molecular weight excluding hydrogens is 196 g/mol. The number of hydrogen-bond donors (Lipinski definition) is 1. The van der Waals surface area contributed by atoms with Crippen molar-refractivity contribution < 1.29 is 0 Å². The molecule has 0 fully saturated rings. The zero-order valence-corrected chi connectivity index (χ0v) is 9.64. The number of rotatable bonds is 2. The summed E-state index contributed by atoms with van der Waals surface area (Å²) in [4.78, 5) is 4.19. The normalized spacial score (nSPS) is 12.4. The third-order valence-corrected chi connectivity index (χ3v) is 2.67. The van der Waals surface area contributed by atoms with Crippen LogP contribution >= 0.6 is 0 Å². The monoisotopic (exact) mass is 212 g/mol. The number of hydrogen-bond acceptors (Lipinski definition) is 2. The van der Waals surface area contributed by atoms with Gasteiger partial charge in [-0.25, -0.2) is 0 Å². The third kappa shape index (κ3) is 2.28. The summed E-state index contributed by atoms with van der Waals surface area (Å²) < 4.78 is 0. The van der Waals surface area contributed by atoms with Gasteiger partial charge in [0.1, 0.15) is 0 Å². The first-order valence-corrected chi connectivity index (χ1v) is 5.45. The lowest BCUT2D eigenvalue weighted by Gasteiger charge is -2.07. The highest BCUT2D eigenvalue weighted by Crippen LogP contribution is 2.21. The van der Waals surface area contributed by atoms with Crippen LogP contribution in [0.25, 0.3) is 11.1 Å². The number of nitrogens with two attached hydrogens (primary N) is 1. The van der Waals surface area contributed by atoms with Gasteiger partial charge in [-0.3, -0.25) is 4.98 Å². The van der Waals surface area contributed by atoms with Crippen molar-refractivity contribution in [2.24, 2.45) is 5.73 Å². The van der Waals surface area contributed by atoms with Crippen molar-refractivity contribution in [2.45, 2.75) is 19.9 Å². The molecule has 0 aliphatic heterocycles. The van der Waals surface area contributed by atoms with Crippen molar-refractivity contribution in [3.8, 4) is 11.1 Å². The van der Waals surface area contributed by atoms with Gasteiger partial charge in [0.05, 0.1) is 0 Å². The van der Waals surface area contributed by atoms with Gasteiger partial charge in [0.2, 0.25) is 0 Å². The fourth-order valence-electron chi connectivity index (χ4n) is 1.70. The molecule has 0 aliphatic rings. The Bertz CT molecular complexity index is 472. The van der Waals surface area contributed by atoms with Crippen LogP contribution in [-0.2, 0) is 0 Å². The van der Waals surface area contributed by atoms with Crippen LogP contribution < -0.4 is 5.73 Å². The molecule has 1 atom stereocenters. The molecule has 82 valence electrons. The summed E-state index contributed by atoms with van der Waals surface area (Å²) in [5.74, 6) is 0. The van der Waals surface area contributed by atoms with E-state index in [1.165, 1.54) is 11.1 Å². The van der Waals surface area contributed by atoms with Crippen molar-refractivity contribution in [1.29, 1.82) is 0 Å². The van der Waals surface area contributed by atoms with Crippen LogP contribution in [0.4, 0.5) is 0 Å². The van der Waals surface area contributed by atoms with E-state index < -0.39 is 0 Å². The van der Waals surface area contributed by atoms with Crippen molar-refractivity contribution in [3.05, 3.63) is 53.9 Å². The summed E-state index contributed by atoms with van der Waals surface area (Å²) in [5.41, 5.74) is 10.4. The number of aromatic nitrogens is 1. The first-order valence-electron chi connectivity index (χ1n) is 5.45. The van der Waals surface area contributed by atoms with Gasteiger partial charge in [-0.05, 0) is 42.7 Å². The molecule has 1 aromatic heterocycles. The van der Waals surface area contributed by atoms with Crippen molar-refractivity contribution in [2.75, 3.05) is 0 Å². The van der Waals surface area contributed by atoms with Gasteiger partial charge < -0.3 is 5.73 Å². The van der Waals surface area contributed by atoms with Crippen LogP contribution in [0.15, 0.2) is 42.6 Å². The second kappa shape index (κ2) is 4.45. The van der Waals surface area contributed by atoms with Crippen LogP contribution in [-0.4, -0.2) is 4.98 Å². The molecule has 0 saturated carbocycles. The number of nitrogens with zero attached hydrogens (tertiary/aromatic N) is 1. The SMILES string of the molecule is Cc1cc(-c2ccc(C(C)N)cc2)ccn1. The maximum absolute atomic E-state index is 5.82. The Morgan fingerprint density at radius 3 is 2.31 bits per heavy atom. The summed E-state index contributed by atoms with van der Waals surface area (Å²) in [5, 5.41) is 0. The quantitative estimate of drug-likeness (QED) is 0.830. The van der Waals surface area contributed by atoms with Crippen LogP contribution in [0.5, 0.6) is 0 Å². The molecule has 1 unspecified atom stereocenters. The number of pyridine rings is 1. The average molecular weight is 212 g/mol. The Labute approximate surface area is 96.1 Å². The molecular formula is C14H16N2. The fraction of sp³-hybridized carbons (Fsp3) is 0.214. The van der Waals surface area contributed by atoms with E-state index in [2.05, 4.69) is 35.3 Å². The summed E-state index contributed by atoms with van der Waals surface area (Å²) in [7, 11) is 0. The highest BCUT2D eigenvalue weighted by molar-refractivity contribution is 5.63. The molecule has 2 N–H and O–H groups in total. The molecule has 2 aromatic rings. The predicted octanol–water partition coefficient (Wildman–Crippen LogP) is 3.08. The number of aryl methyl sites for hydroxylation is 1. The third-order valence-electron chi connectivity index (χ3n) is 2.67. The molecule has 0 spiro atoms. The standard InChI is InChI=1S/C14H16N2/c1-10-9-14(7-8-16-10)13-5-3-12(4-6-13)11(2)15/h3-9,11H,15H2,1-2H3. The first-order chi connectivity index (χ1) is 7.66. The van der Waals surface area contributed by atoms with E-state index in [4.69, 9.17) is 5.73 Å². The molecule has 1 aromatic carbocycles. The van der Waals surface area contributed by atoms with Gasteiger partial charge >= 0.3 is 0 Å². The zero-order valence-electron chi connectivity index (χ0n) is 9.64. The molecule has 0 radical (unpaired) electrons. The van der Waals surface area contributed by atoms with E-state index in [9.17, 15) is 0 Å². The van der Waals surface area contributed by atoms with Crippen LogP contribution in [0.3, 0.4) is 0 Å². The molecule has 0 aliphatic carbocycles. The Morgan fingerprint density at radius 1 is 1.06 bits per heavy atom. The van der Waals surface area contributed by atoms with Crippen LogP contribution in [0.1, 0.15) is 24.2 Å². The summed E-state index contributed by atoms with van der Waals surface area (Å²) in [6, 6.07) is 12.6. The Kier molecular flexibility index (Phi) is 3.02. The van der Waals surface area contributed by atoms with Gasteiger partial charge in [0.15, 0.2) is 0 Å². The van der Waals surface area contributed by atoms with E-state index in [0.29, 0.717) is 0 Å². The van der Waals surface area contributed by atoms with Gasteiger partial charge in [0.25, 0.3) is 0 Å². The summed E-state index contributed by atoms with van der Waals surface area (Å²) >= 11 is 0. The van der Waals surface area contributed by atoms with Crippen molar-refractivity contribution in [3.63, 3.8) is 0 Å². The van der Waals surface area contributed by atoms with Crippen LogP contribution in [0, 0.1) is 6.92 Å². The van der Waals surface area contributed by atoms with Crippen molar-refractivity contribution in [1.82, 2.24) is 4.98 Å². The molecule has 2 heteroatoms. The smallest absolute Gasteiger partial charge is 0.0378 e. The van der Waals surface area contributed by atoms with Crippen molar-refractivity contribution >= 4 is 0 Å². The predicted molar refractivity (Wildman–Crippen MR) is 67.0 cm³/mol. The molecule has 1 heterocycles. The van der Waals surface area contributed by atoms with Crippen LogP contribution in [0.2, 0.25) is 0 Å². The maximum Gasteiger partial charge on any atom is 0.0378 e. The molecule has 2 rings (SSSR count). The minimum Gasteiger partial charge on any atom is -0.324 e. The van der Waals surface area contributed by atoms with Gasteiger partial charge in [0, 0.05) is 17.9 Å². The second-order valence-electron chi connectivity index (χ2n) is 4.10.